The van der Waals surface area contributed by atoms with Crippen molar-refractivity contribution in [1.82, 2.24) is 0 Å². The highest BCUT2D eigenvalue weighted by molar-refractivity contribution is 8.30. The van der Waals surface area contributed by atoms with Crippen LogP contribution >= 0.6 is 70.6 Å². The van der Waals surface area contributed by atoms with Crippen LogP contribution in [0, 0.1) is 6.92 Å². The standard InChI is InChI=1S/C28H26OS6/c1-17-10-12-18(13-11-17)19(16-29)28-34-24(14-26-30-20-6-2-3-7-21(20)31-26)25(35-28)15-27-32-22-8-4-5-9-23(22)33-27/h10-16H,2-9H2,1H3. The minimum Gasteiger partial charge on any atom is -0.298 e. The summed E-state index contributed by atoms with van der Waals surface area (Å²) in [5.41, 5.74) is 3.02. The van der Waals surface area contributed by atoms with E-state index in [9.17, 15) is 4.79 Å². The fraction of sp³-hybridized carbons (Fsp3) is 0.321. The Morgan fingerprint density at radius 3 is 1.49 bits per heavy atom. The topological polar surface area (TPSA) is 17.1 Å². The van der Waals surface area contributed by atoms with Gasteiger partial charge in [-0.25, -0.2) is 0 Å². The van der Waals surface area contributed by atoms with Crippen molar-refractivity contribution in [3.05, 3.63) is 89.7 Å². The number of aryl methyl sites for hydroxylation is 1. The van der Waals surface area contributed by atoms with Gasteiger partial charge in [0.25, 0.3) is 0 Å². The Kier molecular flexibility index (Phi) is 7.81. The van der Waals surface area contributed by atoms with Crippen molar-refractivity contribution in [2.24, 2.45) is 0 Å². The molecule has 7 heteroatoms. The summed E-state index contributed by atoms with van der Waals surface area (Å²) >= 11 is 11.5. The molecule has 0 amide bonds. The van der Waals surface area contributed by atoms with Gasteiger partial charge in [0, 0.05) is 35.0 Å². The van der Waals surface area contributed by atoms with Crippen LogP contribution in [0.5, 0.6) is 0 Å². The summed E-state index contributed by atoms with van der Waals surface area (Å²) in [6.45, 7) is 2.09. The average molecular weight is 571 g/mol. The van der Waals surface area contributed by atoms with Gasteiger partial charge in [-0.15, -0.1) is 0 Å². The molecule has 0 saturated carbocycles. The number of rotatable bonds is 4. The Hall–Kier alpha value is -0.570. The van der Waals surface area contributed by atoms with Crippen LogP contribution in [0.4, 0.5) is 0 Å². The highest BCUT2D eigenvalue weighted by atomic mass is 32.2. The van der Waals surface area contributed by atoms with E-state index in [1.165, 1.54) is 75.2 Å². The molecule has 1 nitrogen and oxygen atoms in total. The normalized spacial score (nSPS) is 22.1. The molecule has 3 aliphatic heterocycles. The van der Waals surface area contributed by atoms with Crippen LogP contribution in [0.3, 0.4) is 0 Å². The lowest BCUT2D eigenvalue weighted by molar-refractivity contribution is -0.103. The number of hydrogen-bond donors (Lipinski definition) is 0. The van der Waals surface area contributed by atoms with Crippen LogP contribution in [0.25, 0.3) is 5.57 Å². The molecule has 3 heterocycles. The van der Waals surface area contributed by atoms with E-state index in [0.29, 0.717) is 0 Å². The zero-order valence-corrected chi connectivity index (χ0v) is 24.5. The van der Waals surface area contributed by atoms with E-state index >= 15 is 0 Å². The molecule has 0 atom stereocenters. The maximum atomic E-state index is 12.3. The molecule has 35 heavy (non-hydrogen) atoms. The number of carbonyl (C=O) groups is 1. The van der Waals surface area contributed by atoms with Crippen LogP contribution < -0.4 is 0 Å². The van der Waals surface area contributed by atoms with Crippen molar-refractivity contribution in [2.45, 2.75) is 58.3 Å². The second-order valence-corrected chi connectivity index (χ2v) is 16.5. The van der Waals surface area contributed by atoms with Gasteiger partial charge in [0.1, 0.15) is 0 Å². The fourth-order valence-corrected chi connectivity index (χ4v) is 13.0. The van der Waals surface area contributed by atoms with Crippen molar-refractivity contribution < 1.29 is 4.79 Å². The van der Waals surface area contributed by atoms with Gasteiger partial charge in [-0.05, 0) is 76.0 Å². The average Bonchev–Trinajstić information content (AvgIpc) is 3.57. The van der Waals surface area contributed by atoms with Gasteiger partial charge in [0.2, 0.25) is 0 Å². The van der Waals surface area contributed by atoms with Crippen LogP contribution in [0.2, 0.25) is 0 Å². The van der Waals surface area contributed by atoms with E-state index in [1.807, 2.05) is 47.0 Å². The van der Waals surface area contributed by atoms with Gasteiger partial charge in [0.05, 0.1) is 12.7 Å². The summed E-state index contributed by atoms with van der Waals surface area (Å²) in [7, 11) is 0. The molecule has 180 valence electrons. The Morgan fingerprint density at radius 2 is 1.09 bits per heavy atom. The van der Waals surface area contributed by atoms with Crippen LogP contribution in [-0.2, 0) is 4.79 Å². The fourth-order valence-electron chi connectivity index (χ4n) is 4.59. The Labute approximate surface area is 233 Å². The van der Waals surface area contributed by atoms with Gasteiger partial charge in [-0.3, -0.25) is 4.79 Å². The third-order valence-electron chi connectivity index (χ3n) is 6.48. The molecule has 0 N–H and O–H groups in total. The van der Waals surface area contributed by atoms with Gasteiger partial charge in [0.15, 0.2) is 6.29 Å². The van der Waals surface area contributed by atoms with E-state index in [4.69, 9.17) is 0 Å². The second kappa shape index (κ2) is 11.0. The maximum absolute atomic E-state index is 12.3. The van der Waals surface area contributed by atoms with Crippen LogP contribution in [0.15, 0.2) is 78.6 Å². The van der Waals surface area contributed by atoms with E-state index in [0.717, 1.165) is 21.7 Å². The molecule has 2 aliphatic carbocycles. The molecule has 0 spiro atoms. The first kappa shape index (κ1) is 24.7. The molecule has 0 saturated heterocycles. The van der Waals surface area contributed by atoms with Gasteiger partial charge in [-0.1, -0.05) is 100 Å². The number of benzene rings is 1. The summed E-state index contributed by atoms with van der Waals surface area (Å²) in [6.07, 6.45) is 16.1. The Balaban J connectivity index is 1.32. The zero-order chi connectivity index (χ0) is 23.8. The molecule has 0 unspecified atom stereocenters. The predicted molar refractivity (Wildman–Crippen MR) is 164 cm³/mol. The molecule has 1 aromatic rings. The third-order valence-corrected chi connectivity index (χ3v) is 14.4. The first-order chi connectivity index (χ1) is 17.2. The SMILES string of the molecule is Cc1ccc(C(C=O)=C2SC(C=C3SC4=C(CCCC4)S3)=C(C=C3SC4=C(CCCC4)S3)S2)cc1. The largest absolute Gasteiger partial charge is 0.298 e. The van der Waals surface area contributed by atoms with Crippen molar-refractivity contribution in [2.75, 3.05) is 0 Å². The molecular weight excluding hydrogens is 545 g/mol. The molecule has 0 aromatic heterocycles. The lowest BCUT2D eigenvalue weighted by atomic mass is 10.1. The highest BCUT2D eigenvalue weighted by Crippen LogP contribution is 2.60. The number of allylic oxidation sites excluding steroid dienone is 7. The van der Waals surface area contributed by atoms with Gasteiger partial charge in [-0.2, -0.15) is 0 Å². The van der Waals surface area contributed by atoms with E-state index in [2.05, 4.69) is 43.3 Å². The molecule has 0 radical (unpaired) electrons. The quantitative estimate of drug-likeness (QED) is 0.261. The van der Waals surface area contributed by atoms with E-state index < -0.39 is 0 Å². The third kappa shape index (κ3) is 5.51. The molecular formula is C28H26OS6. The minimum atomic E-state index is 0.803. The monoisotopic (exact) mass is 570 g/mol. The lowest BCUT2D eigenvalue weighted by Gasteiger charge is -2.10. The van der Waals surface area contributed by atoms with Crippen molar-refractivity contribution >= 4 is 82.4 Å². The maximum Gasteiger partial charge on any atom is 0.152 e. The Bertz CT molecular complexity index is 1150. The predicted octanol–water partition coefficient (Wildman–Crippen LogP) is 10.8. The second-order valence-electron chi connectivity index (χ2n) is 9.06. The summed E-state index contributed by atoms with van der Waals surface area (Å²) in [6, 6.07) is 8.33. The zero-order valence-electron chi connectivity index (χ0n) is 19.6. The minimum absolute atomic E-state index is 0.803. The summed E-state index contributed by atoms with van der Waals surface area (Å²) in [4.78, 5) is 21.2. The number of carbonyl (C=O) groups excluding carboxylic acids is 1. The summed E-state index contributed by atoms with van der Waals surface area (Å²) < 4.78 is 3.88. The van der Waals surface area contributed by atoms with Crippen molar-refractivity contribution in [3.63, 3.8) is 0 Å². The van der Waals surface area contributed by atoms with Gasteiger partial charge >= 0.3 is 0 Å². The highest BCUT2D eigenvalue weighted by Gasteiger charge is 2.29. The molecule has 5 aliphatic rings. The molecule has 0 fully saturated rings. The summed E-state index contributed by atoms with van der Waals surface area (Å²) in [5.74, 6) is 0. The Morgan fingerprint density at radius 1 is 0.657 bits per heavy atom. The van der Waals surface area contributed by atoms with E-state index in [-0.39, 0.29) is 0 Å². The van der Waals surface area contributed by atoms with E-state index in [1.54, 1.807) is 43.1 Å². The summed E-state index contributed by atoms with van der Waals surface area (Å²) in [5, 5.41) is 0. The van der Waals surface area contributed by atoms with Crippen molar-refractivity contribution in [3.8, 4) is 0 Å². The molecule has 6 rings (SSSR count). The first-order valence-corrected chi connectivity index (χ1v) is 17.0. The van der Waals surface area contributed by atoms with Crippen LogP contribution in [0.1, 0.15) is 62.5 Å². The number of hydrogen-bond acceptors (Lipinski definition) is 7. The van der Waals surface area contributed by atoms with Crippen LogP contribution in [-0.4, -0.2) is 6.29 Å². The first-order valence-electron chi connectivity index (χ1n) is 12.1. The number of thioether (sulfide) groups is 6. The molecule has 0 bridgehead atoms. The number of aldehydes is 1. The smallest absolute Gasteiger partial charge is 0.152 e. The molecule has 1 aromatic carbocycles. The lowest BCUT2D eigenvalue weighted by Crippen LogP contribution is -1.89. The van der Waals surface area contributed by atoms with Gasteiger partial charge < -0.3 is 0 Å². The van der Waals surface area contributed by atoms with Crippen molar-refractivity contribution in [1.29, 1.82) is 0 Å².